The summed E-state index contributed by atoms with van der Waals surface area (Å²) in [5, 5.41) is 4.33. The summed E-state index contributed by atoms with van der Waals surface area (Å²) in [7, 11) is -3.48. The first-order valence-electron chi connectivity index (χ1n) is 9.26. The lowest BCUT2D eigenvalue weighted by Gasteiger charge is -2.10. The molecular formula is C19H25N3O4S. The van der Waals surface area contributed by atoms with E-state index in [2.05, 4.69) is 16.7 Å². The molecule has 0 aliphatic heterocycles. The van der Waals surface area contributed by atoms with Gasteiger partial charge >= 0.3 is 0 Å². The highest BCUT2D eigenvalue weighted by atomic mass is 32.2. The first-order chi connectivity index (χ1) is 13.0. The van der Waals surface area contributed by atoms with Gasteiger partial charge in [-0.15, -0.1) is 0 Å². The van der Waals surface area contributed by atoms with Gasteiger partial charge in [-0.3, -0.25) is 4.79 Å². The highest BCUT2D eigenvalue weighted by Gasteiger charge is 2.15. The van der Waals surface area contributed by atoms with E-state index in [0.29, 0.717) is 5.75 Å². The van der Waals surface area contributed by atoms with Gasteiger partial charge in [0.1, 0.15) is 12.4 Å². The first-order valence-corrected chi connectivity index (χ1v) is 10.9. The maximum atomic E-state index is 12.1. The van der Waals surface area contributed by atoms with Crippen molar-refractivity contribution in [2.24, 2.45) is 0 Å². The van der Waals surface area contributed by atoms with Crippen molar-refractivity contribution in [3.05, 3.63) is 57.5 Å². The third-order valence-electron chi connectivity index (χ3n) is 4.62. The Morgan fingerprint density at radius 1 is 1.22 bits per heavy atom. The van der Waals surface area contributed by atoms with E-state index in [1.165, 1.54) is 10.2 Å². The Bertz CT molecular complexity index is 936. The minimum absolute atomic E-state index is 0.0673. The molecule has 0 saturated carbocycles. The van der Waals surface area contributed by atoms with Gasteiger partial charge in [0, 0.05) is 12.6 Å². The molecule has 1 heterocycles. The quantitative estimate of drug-likeness (QED) is 0.696. The number of rotatable bonds is 9. The lowest BCUT2D eigenvalue weighted by molar-refractivity contribution is 0.340. The van der Waals surface area contributed by atoms with Crippen LogP contribution in [0, 0.1) is 0 Å². The molecule has 3 rings (SSSR count). The summed E-state index contributed by atoms with van der Waals surface area (Å²) in [6, 6.07) is 9.21. The second-order valence-electron chi connectivity index (χ2n) is 6.59. The predicted octanol–water partition coefficient (Wildman–Crippen LogP) is 1.29. The van der Waals surface area contributed by atoms with Crippen LogP contribution in [0.5, 0.6) is 5.75 Å². The van der Waals surface area contributed by atoms with Crippen LogP contribution in [0.1, 0.15) is 30.2 Å². The fourth-order valence-electron chi connectivity index (χ4n) is 3.07. The van der Waals surface area contributed by atoms with Gasteiger partial charge in [0.15, 0.2) is 0 Å². The Morgan fingerprint density at radius 2 is 2.00 bits per heavy atom. The summed E-state index contributed by atoms with van der Waals surface area (Å²) >= 11 is 0. The van der Waals surface area contributed by atoms with Gasteiger partial charge in [0.05, 0.1) is 18.0 Å². The maximum Gasteiger partial charge on any atom is 0.267 e. The maximum absolute atomic E-state index is 12.1. The molecule has 146 valence electrons. The standard InChI is InChI=1S/C19H25N3O4S/c1-2-15-6-8-17(9-7-15)26-12-13-27(24,25)20-10-11-22-19(23)14-16-4-3-5-18(16)21-22/h6-9,14,20H,2-5,10-13H2,1H3. The van der Waals surface area contributed by atoms with Crippen LogP contribution in [0.4, 0.5) is 0 Å². The van der Waals surface area contributed by atoms with E-state index in [9.17, 15) is 13.2 Å². The molecule has 2 aromatic rings. The van der Waals surface area contributed by atoms with Gasteiger partial charge in [0.2, 0.25) is 10.0 Å². The second kappa shape index (κ2) is 8.67. The van der Waals surface area contributed by atoms with Crippen LogP contribution in [0.2, 0.25) is 0 Å². The Labute approximate surface area is 159 Å². The molecular weight excluding hydrogens is 366 g/mol. The van der Waals surface area contributed by atoms with Gasteiger partial charge < -0.3 is 4.74 Å². The smallest absolute Gasteiger partial charge is 0.267 e. The highest BCUT2D eigenvalue weighted by Crippen LogP contribution is 2.16. The third kappa shape index (κ3) is 5.40. The molecule has 0 atom stereocenters. The molecule has 27 heavy (non-hydrogen) atoms. The predicted molar refractivity (Wildman–Crippen MR) is 104 cm³/mol. The van der Waals surface area contributed by atoms with Gasteiger partial charge in [-0.2, -0.15) is 5.10 Å². The van der Waals surface area contributed by atoms with Crippen molar-refractivity contribution in [3.63, 3.8) is 0 Å². The topological polar surface area (TPSA) is 90.3 Å². The number of nitrogens with zero attached hydrogens (tertiary/aromatic N) is 2. The van der Waals surface area contributed by atoms with Crippen LogP contribution in [0.3, 0.4) is 0 Å². The molecule has 0 amide bonds. The first kappa shape index (κ1) is 19.6. The number of nitrogens with one attached hydrogen (secondary N) is 1. The Hall–Kier alpha value is -2.19. The number of fused-ring (bicyclic) bond motifs is 1. The van der Waals surface area contributed by atoms with Crippen molar-refractivity contribution in [1.82, 2.24) is 14.5 Å². The molecule has 0 bridgehead atoms. The lowest BCUT2D eigenvalue weighted by Crippen LogP contribution is -2.34. The zero-order valence-electron chi connectivity index (χ0n) is 15.5. The van der Waals surface area contributed by atoms with Crippen LogP contribution in [0.25, 0.3) is 0 Å². The van der Waals surface area contributed by atoms with E-state index < -0.39 is 10.0 Å². The molecule has 0 saturated heterocycles. The minimum atomic E-state index is -3.48. The Kier molecular flexibility index (Phi) is 6.28. The lowest BCUT2D eigenvalue weighted by atomic mass is 10.2. The summed E-state index contributed by atoms with van der Waals surface area (Å²) in [5.41, 5.74) is 2.97. The number of benzene rings is 1. The van der Waals surface area contributed by atoms with Gasteiger partial charge in [-0.05, 0) is 48.9 Å². The average molecular weight is 391 g/mol. The number of hydrogen-bond acceptors (Lipinski definition) is 5. The van der Waals surface area contributed by atoms with Gasteiger partial charge in [-0.25, -0.2) is 17.8 Å². The largest absolute Gasteiger partial charge is 0.492 e. The Balaban J connectivity index is 1.45. The fourth-order valence-corrected chi connectivity index (χ4v) is 3.92. The highest BCUT2D eigenvalue weighted by molar-refractivity contribution is 7.89. The van der Waals surface area contributed by atoms with Gasteiger partial charge in [-0.1, -0.05) is 19.1 Å². The van der Waals surface area contributed by atoms with E-state index in [0.717, 1.165) is 36.9 Å². The van der Waals surface area contributed by atoms with Crippen molar-refractivity contribution in [3.8, 4) is 5.75 Å². The molecule has 1 aromatic heterocycles. The van der Waals surface area contributed by atoms with Crippen molar-refractivity contribution < 1.29 is 13.2 Å². The normalized spacial score (nSPS) is 13.5. The monoisotopic (exact) mass is 391 g/mol. The number of ether oxygens (including phenoxy) is 1. The molecule has 7 nitrogen and oxygen atoms in total. The summed E-state index contributed by atoms with van der Waals surface area (Å²) in [5.74, 6) is 0.506. The summed E-state index contributed by atoms with van der Waals surface area (Å²) < 4.78 is 33.5. The molecule has 0 spiro atoms. The molecule has 1 N–H and O–H groups in total. The Morgan fingerprint density at radius 3 is 2.74 bits per heavy atom. The number of sulfonamides is 1. The summed E-state index contributed by atoms with van der Waals surface area (Å²) in [4.78, 5) is 12.0. The third-order valence-corrected chi connectivity index (χ3v) is 5.97. The van der Waals surface area contributed by atoms with E-state index in [-0.39, 0.29) is 31.0 Å². The van der Waals surface area contributed by atoms with E-state index >= 15 is 0 Å². The summed E-state index contributed by atoms with van der Waals surface area (Å²) in [6.45, 7) is 2.47. The van der Waals surface area contributed by atoms with Crippen LogP contribution in [-0.2, 0) is 35.8 Å². The van der Waals surface area contributed by atoms with Gasteiger partial charge in [0.25, 0.3) is 5.56 Å². The second-order valence-corrected chi connectivity index (χ2v) is 8.52. The zero-order valence-corrected chi connectivity index (χ0v) is 16.3. The minimum Gasteiger partial charge on any atom is -0.492 e. The molecule has 0 radical (unpaired) electrons. The molecule has 1 aromatic carbocycles. The van der Waals surface area contributed by atoms with Crippen molar-refractivity contribution in [2.45, 2.75) is 39.2 Å². The van der Waals surface area contributed by atoms with E-state index in [4.69, 9.17) is 4.74 Å². The van der Waals surface area contributed by atoms with Crippen LogP contribution in [0.15, 0.2) is 35.1 Å². The molecule has 0 unspecified atom stereocenters. The number of aryl methyl sites for hydroxylation is 3. The number of aromatic nitrogens is 2. The number of hydrogen-bond donors (Lipinski definition) is 1. The van der Waals surface area contributed by atoms with Crippen molar-refractivity contribution in [1.29, 1.82) is 0 Å². The summed E-state index contributed by atoms with van der Waals surface area (Å²) in [6.07, 6.45) is 3.73. The molecule has 8 heteroatoms. The van der Waals surface area contributed by atoms with E-state index in [1.54, 1.807) is 6.07 Å². The average Bonchev–Trinajstić information content (AvgIpc) is 3.09. The van der Waals surface area contributed by atoms with Crippen LogP contribution in [-0.4, -0.2) is 37.1 Å². The van der Waals surface area contributed by atoms with Crippen LogP contribution >= 0.6 is 0 Å². The molecule has 0 fully saturated rings. The van der Waals surface area contributed by atoms with E-state index in [1.807, 2.05) is 24.3 Å². The van der Waals surface area contributed by atoms with Crippen LogP contribution < -0.4 is 15.0 Å². The molecule has 1 aliphatic carbocycles. The fraction of sp³-hybridized carbons (Fsp3) is 0.474. The molecule has 1 aliphatic rings. The van der Waals surface area contributed by atoms with Crippen molar-refractivity contribution in [2.75, 3.05) is 18.9 Å². The zero-order chi connectivity index (χ0) is 19.3. The van der Waals surface area contributed by atoms with Crippen molar-refractivity contribution >= 4 is 10.0 Å². The SMILES string of the molecule is CCc1ccc(OCCS(=O)(=O)NCCn2nc3c(cc2=O)CCC3)cc1.